The number of benzene rings is 1. The summed E-state index contributed by atoms with van der Waals surface area (Å²) < 4.78 is 5.22. The highest BCUT2D eigenvalue weighted by Gasteiger charge is 2.11. The van der Waals surface area contributed by atoms with Gasteiger partial charge in [-0.05, 0) is 36.8 Å². The summed E-state index contributed by atoms with van der Waals surface area (Å²) in [5.74, 6) is 0.232. The Labute approximate surface area is 147 Å². The number of ether oxygens (including phenoxy) is 1. The van der Waals surface area contributed by atoms with Crippen molar-refractivity contribution >= 4 is 28.9 Å². The molecule has 6 heteroatoms. The standard InChI is InChI=1S/C18H22ClN3O2/c1-3-4-5-10-20-14-7-8-15(21-12-14)18(23)22-16-11-13(19)6-9-17(16)24-2/h6-9,11-12,20H,3-5,10H2,1-2H3,(H,22,23). The van der Waals surface area contributed by atoms with Gasteiger partial charge >= 0.3 is 0 Å². The number of carbonyl (C=O) groups is 1. The van der Waals surface area contributed by atoms with E-state index in [4.69, 9.17) is 16.3 Å². The summed E-state index contributed by atoms with van der Waals surface area (Å²) in [7, 11) is 1.54. The Kier molecular flexibility index (Phi) is 6.88. The third kappa shape index (κ3) is 5.13. The lowest BCUT2D eigenvalue weighted by molar-refractivity contribution is 0.102. The minimum Gasteiger partial charge on any atom is -0.495 e. The molecule has 0 bridgehead atoms. The molecule has 1 aromatic heterocycles. The largest absolute Gasteiger partial charge is 0.495 e. The van der Waals surface area contributed by atoms with Crippen molar-refractivity contribution in [3.8, 4) is 5.75 Å². The molecule has 0 spiro atoms. The number of carbonyl (C=O) groups excluding carboxylic acids is 1. The summed E-state index contributed by atoms with van der Waals surface area (Å²) in [5, 5.41) is 6.58. The molecule has 1 amide bonds. The van der Waals surface area contributed by atoms with Gasteiger partial charge in [0, 0.05) is 11.6 Å². The van der Waals surface area contributed by atoms with Crippen LogP contribution in [0.5, 0.6) is 5.75 Å². The Morgan fingerprint density at radius 1 is 1.25 bits per heavy atom. The normalized spacial score (nSPS) is 10.3. The van der Waals surface area contributed by atoms with Crippen molar-refractivity contribution in [2.75, 3.05) is 24.3 Å². The number of halogens is 1. The second-order valence-corrected chi connectivity index (χ2v) is 5.80. The first-order valence-corrected chi connectivity index (χ1v) is 8.36. The molecular formula is C18H22ClN3O2. The molecule has 2 rings (SSSR count). The average molecular weight is 348 g/mol. The Hall–Kier alpha value is -2.27. The predicted octanol–water partition coefficient (Wildman–Crippen LogP) is 4.60. The molecule has 1 heterocycles. The van der Waals surface area contributed by atoms with Crippen LogP contribution in [0.2, 0.25) is 5.02 Å². The molecule has 2 N–H and O–H groups in total. The highest BCUT2D eigenvalue weighted by atomic mass is 35.5. The van der Waals surface area contributed by atoms with Gasteiger partial charge in [0.05, 0.1) is 24.7 Å². The molecule has 1 aromatic carbocycles. The van der Waals surface area contributed by atoms with Crippen molar-refractivity contribution in [2.45, 2.75) is 26.2 Å². The van der Waals surface area contributed by atoms with Crippen molar-refractivity contribution in [1.29, 1.82) is 0 Å². The predicted molar refractivity (Wildman–Crippen MR) is 98.2 cm³/mol. The number of rotatable bonds is 8. The number of hydrogen-bond acceptors (Lipinski definition) is 4. The van der Waals surface area contributed by atoms with E-state index in [0.717, 1.165) is 18.7 Å². The number of amides is 1. The van der Waals surface area contributed by atoms with Crippen LogP contribution in [0.15, 0.2) is 36.5 Å². The van der Waals surface area contributed by atoms with Crippen LogP contribution < -0.4 is 15.4 Å². The zero-order chi connectivity index (χ0) is 17.4. The van der Waals surface area contributed by atoms with Crippen LogP contribution in [0.25, 0.3) is 0 Å². The zero-order valence-corrected chi connectivity index (χ0v) is 14.7. The van der Waals surface area contributed by atoms with Gasteiger partial charge in [0.15, 0.2) is 0 Å². The fourth-order valence-electron chi connectivity index (χ4n) is 2.20. The van der Waals surface area contributed by atoms with Crippen LogP contribution in [0, 0.1) is 0 Å². The van der Waals surface area contributed by atoms with Gasteiger partial charge in [0.2, 0.25) is 0 Å². The molecule has 0 aliphatic heterocycles. The second kappa shape index (κ2) is 9.13. The fraction of sp³-hybridized carbons (Fsp3) is 0.333. The molecule has 0 saturated carbocycles. The molecule has 128 valence electrons. The topological polar surface area (TPSA) is 63.2 Å². The maximum atomic E-state index is 12.3. The highest BCUT2D eigenvalue weighted by molar-refractivity contribution is 6.31. The van der Waals surface area contributed by atoms with E-state index in [1.165, 1.54) is 20.0 Å². The Bertz CT molecular complexity index is 674. The lowest BCUT2D eigenvalue weighted by Gasteiger charge is -2.11. The Morgan fingerprint density at radius 2 is 2.08 bits per heavy atom. The molecule has 0 radical (unpaired) electrons. The minimum atomic E-state index is -0.312. The van der Waals surface area contributed by atoms with Gasteiger partial charge in [-0.15, -0.1) is 0 Å². The number of pyridine rings is 1. The molecule has 24 heavy (non-hydrogen) atoms. The van der Waals surface area contributed by atoms with Gasteiger partial charge in [-0.3, -0.25) is 4.79 Å². The summed E-state index contributed by atoms with van der Waals surface area (Å²) in [6, 6.07) is 8.58. The van der Waals surface area contributed by atoms with Gasteiger partial charge in [0.1, 0.15) is 11.4 Å². The highest BCUT2D eigenvalue weighted by Crippen LogP contribution is 2.28. The molecular weight excluding hydrogens is 326 g/mol. The van der Waals surface area contributed by atoms with Crippen LogP contribution in [-0.2, 0) is 0 Å². The molecule has 5 nitrogen and oxygen atoms in total. The van der Waals surface area contributed by atoms with Crippen LogP contribution in [0.1, 0.15) is 36.7 Å². The van der Waals surface area contributed by atoms with E-state index in [2.05, 4.69) is 22.5 Å². The molecule has 2 aromatic rings. The summed E-state index contributed by atoms with van der Waals surface area (Å²) in [5.41, 5.74) is 1.75. The third-order valence-corrected chi connectivity index (χ3v) is 3.75. The van der Waals surface area contributed by atoms with Crippen molar-refractivity contribution in [1.82, 2.24) is 4.98 Å². The van der Waals surface area contributed by atoms with Crippen LogP contribution in [0.4, 0.5) is 11.4 Å². The number of hydrogen-bond donors (Lipinski definition) is 2. The van der Waals surface area contributed by atoms with Gasteiger partial charge in [0.25, 0.3) is 5.91 Å². The average Bonchev–Trinajstić information content (AvgIpc) is 2.59. The molecule has 0 fully saturated rings. The summed E-state index contributed by atoms with van der Waals surface area (Å²) in [6.07, 6.45) is 5.16. The first kappa shape index (κ1) is 18.1. The van der Waals surface area contributed by atoms with Gasteiger partial charge in [-0.25, -0.2) is 4.98 Å². The van der Waals surface area contributed by atoms with Gasteiger partial charge in [-0.1, -0.05) is 31.4 Å². The van der Waals surface area contributed by atoms with Gasteiger partial charge in [-0.2, -0.15) is 0 Å². The minimum absolute atomic E-state index is 0.312. The van der Waals surface area contributed by atoms with Crippen LogP contribution in [0.3, 0.4) is 0 Å². The van der Waals surface area contributed by atoms with Crippen LogP contribution in [-0.4, -0.2) is 24.5 Å². The zero-order valence-electron chi connectivity index (χ0n) is 13.9. The molecule has 0 aliphatic rings. The molecule has 0 atom stereocenters. The maximum Gasteiger partial charge on any atom is 0.274 e. The van der Waals surface area contributed by atoms with Crippen molar-refractivity contribution in [2.24, 2.45) is 0 Å². The quantitative estimate of drug-likeness (QED) is 0.685. The lowest BCUT2D eigenvalue weighted by Crippen LogP contribution is -2.14. The number of aromatic nitrogens is 1. The van der Waals surface area contributed by atoms with Crippen LogP contribution >= 0.6 is 11.6 Å². The van der Waals surface area contributed by atoms with E-state index in [0.29, 0.717) is 22.2 Å². The first-order chi connectivity index (χ1) is 11.6. The van der Waals surface area contributed by atoms with Gasteiger partial charge < -0.3 is 15.4 Å². The fourth-order valence-corrected chi connectivity index (χ4v) is 2.38. The van der Waals surface area contributed by atoms with Crippen molar-refractivity contribution in [3.05, 3.63) is 47.2 Å². The summed E-state index contributed by atoms with van der Waals surface area (Å²) in [4.78, 5) is 16.5. The van der Waals surface area contributed by atoms with Crippen molar-refractivity contribution in [3.63, 3.8) is 0 Å². The second-order valence-electron chi connectivity index (χ2n) is 5.36. The Morgan fingerprint density at radius 3 is 2.75 bits per heavy atom. The number of unbranched alkanes of at least 4 members (excludes halogenated alkanes) is 2. The maximum absolute atomic E-state index is 12.3. The molecule has 0 saturated heterocycles. The number of methoxy groups -OCH3 is 1. The molecule has 0 aliphatic carbocycles. The van der Waals surface area contributed by atoms with E-state index >= 15 is 0 Å². The third-order valence-electron chi connectivity index (χ3n) is 3.52. The van der Waals surface area contributed by atoms with E-state index in [1.807, 2.05) is 6.07 Å². The summed E-state index contributed by atoms with van der Waals surface area (Å²) in [6.45, 7) is 3.07. The lowest BCUT2D eigenvalue weighted by atomic mass is 10.2. The SMILES string of the molecule is CCCCCNc1ccc(C(=O)Nc2cc(Cl)ccc2OC)nc1. The Balaban J connectivity index is 1.99. The number of nitrogens with zero attached hydrogens (tertiary/aromatic N) is 1. The number of nitrogens with one attached hydrogen (secondary N) is 2. The van der Waals surface area contributed by atoms with E-state index < -0.39 is 0 Å². The van der Waals surface area contributed by atoms with E-state index in [-0.39, 0.29) is 5.91 Å². The van der Waals surface area contributed by atoms with E-state index in [1.54, 1.807) is 30.5 Å². The summed E-state index contributed by atoms with van der Waals surface area (Å²) >= 11 is 5.96. The number of anilines is 2. The first-order valence-electron chi connectivity index (χ1n) is 7.99. The van der Waals surface area contributed by atoms with E-state index in [9.17, 15) is 4.79 Å². The molecule has 0 unspecified atom stereocenters. The monoisotopic (exact) mass is 347 g/mol. The smallest absolute Gasteiger partial charge is 0.274 e. The van der Waals surface area contributed by atoms with Crippen molar-refractivity contribution < 1.29 is 9.53 Å².